The molecule has 1 N–H and O–H groups in total. The third-order valence-corrected chi connectivity index (χ3v) is 3.30. The van der Waals surface area contributed by atoms with E-state index in [9.17, 15) is 4.39 Å². The lowest BCUT2D eigenvalue weighted by Crippen LogP contribution is -2.13. The summed E-state index contributed by atoms with van der Waals surface area (Å²) in [5.74, 6) is 0.509. The Morgan fingerprint density at radius 1 is 1.15 bits per heavy atom. The molecule has 1 atom stereocenters. The van der Waals surface area contributed by atoms with Crippen LogP contribution in [-0.2, 0) is 0 Å². The third-order valence-electron chi connectivity index (χ3n) is 3.30. The van der Waals surface area contributed by atoms with E-state index in [2.05, 4.69) is 22.2 Å². The van der Waals surface area contributed by atoms with Crippen LogP contribution in [0.2, 0.25) is 0 Å². The number of nitrogens with one attached hydrogen (secondary N) is 1. The zero-order chi connectivity index (χ0) is 13.9. The molecule has 0 amide bonds. The van der Waals surface area contributed by atoms with Crippen LogP contribution >= 0.6 is 0 Å². The molecule has 0 saturated carbocycles. The Morgan fingerprint density at radius 2 is 1.95 bits per heavy atom. The van der Waals surface area contributed by atoms with E-state index in [4.69, 9.17) is 0 Å². The summed E-state index contributed by atoms with van der Waals surface area (Å²) < 4.78 is 14.9. The normalized spacial score (nSPS) is 12.5. The highest BCUT2D eigenvalue weighted by Gasteiger charge is 2.11. The van der Waals surface area contributed by atoms with Crippen molar-refractivity contribution in [2.75, 3.05) is 5.32 Å². The highest BCUT2D eigenvalue weighted by Crippen LogP contribution is 2.22. The molecule has 0 bridgehead atoms. The lowest BCUT2D eigenvalue weighted by atomic mass is 10.0. The smallest absolute Gasteiger partial charge is 0.209 e. The maximum absolute atomic E-state index is 13.0. The standard InChI is InChI=1S/C15H15FN4/c1-2-13(11-3-5-12(16)6-4-11)19-15-18-8-7-14-17-9-10-20(14)15/h3-10,13H,2H2,1H3,(H,18,19)/t13-/m0/s1. The molecule has 0 aliphatic heterocycles. The van der Waals surface area contributed by atoms with Gasteiger partial charge in [0.25, 0.3) is 0 Å². The highest BCUT2D eigenvalue weighted by atomic mass is 19.1. The molecule has 0 unspecified atom stereocenters. The minimum absolute atomic E-state index is 0.0797. The van der Waals surface area contributed by atoms with Crippen molar-refractivity contribution in [3.8, 4) is 0 Å². The van der Waals surface area contributed by atoms with Gasteiger partial charge in [0.15, 0.2) is 0 Å². The van der Waals surface area contributed by atoms with Crippen LogP contribution in [0, 0.1) is 5.82 Å². The first kappa shape index (κ1) is 12.6. The van der Waals surface area contributed by atoms with Crippen LogP contribution in [0.1, 0.15) is 24.9 Å². The van der Waals surface area contributed by atoms with Crippen LogP contribution in [0.5, 0.6) is 0 Å². The number of halogens is 1. The molecule has 0 spiro atoms. The molecule has 0 saturated heterocycles. The first-order chi connectivity index (χ1) is 9.78. The van der Waals surface area contributed by atoms with Crippen molar-refractivity contribution in [1.82, 2.24) is 14.4 Å². The van der Waals surface area contributed by atoms with E-state index in [1.54, 1.807) is 24.5 Å². The molecule has 5 heteroatoms. The van der Waals surface area contributed by atoms with E-state index in [0.29, 0.717) is 0 Å². The fourth-order valence-corrected chi connectivity index (χ4v) is 2.23. The quantitative estimate of drug-likeness (QED) is 0.789. The van der Waals surface area contributed by atoms with Gasteiger partial charge in [0.1, 0.15) is 11.5 Å². The number of nitrogens with zero attached hydrogens (tertiary/aromatic N) is 3. The zero-order valence-electron chi connectivity index (χ0n) is 11.1. The molecule has 4 nitrogen and oxygen atoms in total. The molecule has 2 aromatic heterocycles. The molecule has 1 aromatic carbocycles. The van der Waals surface area contributed by atoms with Crippen molar-refractivity contribution in [2.45, 2.75) is 19.4 Å². The SMILES string of the molecule is CC[C@H](Nc1nccc2nccn12)c1ccc(F)cc1. The van der Waals surface area contributed by atoms with Crippen molar-refractivity contribution in [3.63, 3.8) is 0 Å². The first-order valence-electron chi connectivity index (χ1n) is 6.58. The lowest BCUT2D eigenvalue weighted by molar-refractivity contribution is 0.625. The van der Waals surface area contributed by atoms with E-state index in [1.165, 1.54) is 12.1 Å². The summed E-state index contributed by atoms with van der Waals surface area (Å²) in [5, 5.41) is 3.38. The van der Waals surface area contributed by atoms with E-state index < -0.39 is 0 Å². The Morgan fingerprint density at radius 3 is 2.70 bits per heavy atom. The zero-order valence-corrected chi connectivity index (χ0v) is 11.1. The van der Waals surface area contributed by atoms with E-state index >= 15 is 0 Å². The number of imidazole rings is 1. The van der Waals surface area contributed by atoms with Crippen molar-refractivity contribution in [2.24, 2.45) is 0 Å². The topological polar surface area (TPSA) is 42.2 Å². The molecule has 2 heterocycles. The molecule has 20 heavy (non-hydrogen) atoms. The largest absolute Gasteiger partial charge is 0.349 e. The Hall–Kier alpha value is -2.43. The van der Waals surface area contributed by atoms with E-state index in [0.717, 1.165) is 23.6 Å². The lowest BCUT2D eigenvalue weighted by Gasteiger charge is -2.18. The molecular weight excluding hydrogens is 255 g/mol. The van der Waals surface area contributed by atoms with Gasteiger partial charge in [-0.3, -0.25) is 4.40 Å². The summed E-state index contributed by atoms with van der Waals surface area (Å²) in [4.78, 5) is 8.58. The number of fused-ring (bicyclic) bond motifs is 1. The second kappa shape index (κ2) is 5.28. The van der Waals surface area contributed by atoms with Crippen LogP contribution in [0.4, 0.5) is 10.3 Å². The average Bonchev–Trinajstić information content (AvgIpc) is 2.95. The van der Waals surface area contributed by atoms with Gasteiger partial charge in [0.2, 0.25) is 5.95 Å². The number of hydrogen-bond donors (Lipinski definition) is 1. The summed E-state index contributed by atoms with van der Waals surface area (Å²) in [6, 6.07) is 8.48. The fraction of sp³-hybridized carbons (Fsp3) is 0.200. The predicted octanol–water partition coefficient (Wildman–Crippen LogP) is 3.43. The number of rotatable bonds is 4. The van der Waals surface area contributed by atoms with Gasteiger partial charge in [0.05, 0.1) is 6.04 Å². The maximum Gasteiger partial charge on any atom is 0.209 e. The van der Waals surface area contributed by atoms with Crippen molar-refractivity contribution < 1.29 is 4.39 Å². The van der Waals surface area contributed by atoms with Crippen LogP contribution in [0.3, 0.4) is 0 Å². The second-order valence-electron chi connectivity index (χ2n) is 4.58. The van der Waals surface area contributed by atoms with E-state index in [-0.39, 0.29) is 11.9 Å². The van der Waals surface area contributed by atoms with Crippen LogP contribution < -0.4 is 5.32 Å². The minimum Gasteiger partial charge on any atom is -0.349 e. The Labute approximate surface area is 116 Å². The minimum atomic E-state index is -0.224. The summed E-state index contributed by atoms with van der Waals surface area (Å²) in [5.41, 5.74) is 1.88. The van der Waals surface area contributed by atoms with Gasteiger partial charge < -0.3 is 5.32 Å². The summed E-state index contributed by atoms with van der Waals surface area (Å²) in [6.07, 6.45) is 6.20. The summed E-state index contributed by atoms with van der Waals surface area (Å²) in [6.45, 7) is 2.08. The van der Waals surface area contributed by atoms with Gasteiger partial charge in [-0.25, -0.2) is 14.4 Å². The van der Waals surface area contributed by atoms with Crippen molar-refractivity contribution >= 4 is 11.6 Å². The molecule has 0 aliphatic rings. The molecule has 0 aliphatic carbocycles. The monoisotopic (exact) mass is 270 g/mol. The van der Waals surface area contributed by atoms with Gasteiger partial charge in [-0.1, -0.05) is 19.1 Å². The summed E-state index contributed by atoms with van der Waals surface area (Å²) in [7, 11) is 0. The Bertz CT molecular complexity index is 705. The van der Waals surface area contributed by atoms with Crippen LogP contribution in [-0.4, -0.2) is 14.4 Å². The molecule has 3 aromatic rings. The van der Waals surface area contributed by atoms with Gasteiger partial charge in [-0.15, -0.1) is 0 Å². The molecule has 0 fully saturated rings. The second-order valence-corrected chi connectivity index (χ2v) is 4.58. The van der Waals surface area contributed by atoms with Crippen molar-refractivity contribution in [1.29, 1.82) is 0 Å². The van der Waals surface area contributed by atoms with E-state index in [1.807, 2.05) is 16.7 Å². The predicted molar refractivity (Wildman–Crippen MR) is 76.0 cm³/mol. The van der Waals surface area contributed by atoms with Gasteiger partial charge in [-0.2, -0.15) is 0 Å². The van der Waals surface area contributed by atoms with Crippen LogP contribution in [0.25, 0.3) is 5.65 Å². The van der Waals surface area contributed by atoms with Crippen molar-refractivity contribution in [3.05, 3.63) is 60.3 Å². The molecule has 3 rings (SSSR count). The van der Waals surface area contributed by atoms with Crippen LogP contribution in [0.15, 0.2) is 48.9 Å². The number of hydrogen-bond acceptors (Lipinski definition) is 3. The van der Waals surface area contributed by atoms with Gasteiger partial charge in [0, 0.05) is 18.6 Å². The Balaban J connectivity index is 1.91. The Kier molecular flexibility index (Phi) is 3.33. The first-order valence-corrected chi connectivity index (χ1v) is 6.58. The summed E-state index contributed by atoms with van der Waals surface area (Å²) >= 11 is 0. The molecular formula is C15H15FN4. The van der Waals surface area contributed by atoms with Gasteiger partial charge >= 0.3 is 0 Å². The maximum atomic E-state index is 13.0. The number of aromatic nitrogens is 3. The fourth-order valence-electron chi connectivity index (χ4n) is 2.23. The third kappa shape index (κ3) is 2.34. The van der Waals surface area contributed by atoms with Gasteiger partial charge in [-0.05, 0) is 30.2 Å². The molecule has 0 radical (unpaired) electrons. The number of anilines is 1. The highest BCUT2D eigenvalue weighted by molar-refractivity contribution is 5.45. The average molecular weight is 270 g/mol. The molecule has 102 valence electrons. The number of benzene rings is 1.